The topological polar surface area (TPSA) is 135 Å². The Morgan fingerprint density at radius 1 is 1.00 bits per heavy atom. The molecule has 14 heteroatoms. The summed E-state index contributed by atoms with van der Waals surface area (Å²) in [5.74, 6) is 0.713. The van der Waals surface area contributed by atoms with E-state index >= 15 is 0 Å². The summed E-state index contributed by atoms with van der Waals surface area (Å²) >= 11 is 0. The van der Waals surface area contributed by atoms with E-state index in [1.165, 1.54) is 30.6 Å². The highest BCUT2D eigenvalue weighted by atomic mass is 19.4. The Kier molecular flexibility index (Phi) is 7.57. The van der Waals surface area contributed by atoms with Gasteiger partial charge in [0.15, 0.2) is 0 Å². The van der Waals surface area contributed by atoms with E-state index in [4.69, 9.17) is 0 Å². The number of nitrogens with one attached hydrogen (secondary N) is 4. The standard InChI is InChI=1S/C26H22F3N9O2/c27-26(28,29)40-21-6-4-18(5-7-21)36-22-13-23(35-16-34-22)37-25-32-10-11-38(25)20-3-1-2-17(12-20)24(39)31-9-8-19-14-30-15-33-19/h1-7,10-16H,8-9H2,(H,30,33)(H,31,39)(H2,32,34,35,36,37). The number of benzene rings is 2. The number of alkyl halides is 3. The summed E-state index contributed by atoms with van der Waals surface area (Å²) in [6.45, 7) is 0.457. The minimum Gasteiger partial charge on any atom is -0.406 e. The fourth-order valence-corrected chi connectivity index (χ4v) is 3.73. The van der Waals surface area contributed by atoms with E-state index in [9.17, 15) is 18.0 Å². The molecule has 40 heavy (non-hydrogen) atoms. The molecule has 0 aliphatic rings. The van der Waals surface area contributed by atoms with Gasteiger partial charge in [-0.05, 0) is 42.5 Å². The lowest BCUT2D eigenvalue weighted by molar-refractivity contribution is -0.274. The van der Waals surface area contributed by atoms with Crippen LogP contribution in [0.3, 0.4) is 0 Å². The van der Waals surface area contributed by atoms with Gasteiger partial charge in [-0.2, -0.15) is 0 Å². The first-order chi connectivity index (χ1) is 19.3. The number of H-pyrrole nitrogens is 1. The lowest BCUT2D eigenvalue weighted by atomic mass is 10.2. The van der Waals surface area contributed by atoms with Gasteiger partial charge in [0.05, 0.1) is 6.33 Å². The van der Waals surface area contributed by atoms with Crippen LogP contribution in [0.4, 0.5) is 36.4 Å². The zero-order valence-electron chi connectivity index (χ0n) is 20.7. The second-order valence-electron chi connectivity index (χ2n) is 8.36. The highest BCUT2D eigenvalue weighted by Gasteiger charge is 2.30. The number of aromatic amines is 1. The fourth-order valence-electron chi connectivity index (χ4n) is 3.73. The number of imidazole rings is 2. The molecule has 0 spiro atoms. The number of nitrogens with zero attached hydrogens (tertiary/aromatic N) is 5. The SMILES string of the molecule is O=C(NCCc1cnc[nH]1)c1cccc(-n2ccnc2Nc2cc(Nc3ccc(OC(F)(F)F)cc3)ncn2)c1. The quantitative estimate of drug-likeness (QED) is 0.196. The van der Waals surface area contributed by atoms with E-state index in [1.54, 1.807) is 53.8 Å². The van der Waals surface area contributed by atoms with Gasteiger partial charge in [-0.15, -0.1) is 13.2 Å². The Labute approximate surface area is 225 Å². The van der Waals surface area contributed by atoms with Gasteiger partial charge >= 0.3 is 6.36 Å². The lowest BCUT2D eigenvalue weighted by Gasteiger charge is -2.12. The van der Waals surface area contributed by atoms with Crippen LogP contribution in [0, 0.1) is 0 Å². The molecular formula is C26H22F3N9O2. The third-order valence-corrected chi connectivity index (χ3v) is 5.53. The summed E-state index contributed by atoms with van der Waals surface area (Å²) in [6, 6.07) is 14.0. The molecule has 0 aliphatic heterocycles. The molecule has 0 saturated heterocycles. The third-order valence-electron chi connectivity index (χ3n) is 5.53. The van der Waals surface area contributed by atoms with E-state index in [0.29, 0.717) is 47.5 Å². The van der Waals surface area contributed by atoms with Crippen LogP contribution in [-0.2, 0) is 6.42 Å². The molecule has 5 rings (SSSR count). The van der Waals surface area contributed by atoms with Crippen LogP contribution in [0.1, 0.15) is 16.1 Å². The Balaban J connectivity index is 1.24. The van der Waals surface area contributed by atoms with Gasteiger partial charge in [-0.3, -0.25) is 9.36 Å². The minimum atomic E-state index is -4.76. The summed E-state index contributed by atoms with van der Waals surface area (Å²) in [5, 5.41) is 9.01. The molecule has 3 heterocycles. The van der Waals surface area contributed by atoms with Crippen LogP contribution in [0.2, 0.25) is 0 Å². The Morgan fingerprint density at radius 3 is 2.55 bits per heavy atom. The smallest absolute Gasteiger partial charge is 0.406 e. The van der Waals surface area contributed by atoms with Gasteiger partial charge in [0.1, 0.15) is 23.7 Å². The Hall–Kier alpha value is -5.40. The summed E-state index contributed by atoms with van der Waals surface area (Å²) in [6.07, 6.45) is 3.84. The zero-order chi connectivity index (χ0) is 28.0. The Morgan fingerprint density at radius 2 is 1.80 bits per heavy atom. The number of hydrogen-bond acceptors (Lipinski definition) is 8. The highest BCUT2D eigenvalue weighted by molar-refractivity contribution is 5.94. The van der Waals surface area contributed by atoms with Crippen molar-refractivity contribution >= 4 is 29.2 Å². The first-order valence-electron chi connectivity index (χ1n) is 11.9. The van der Waals surface area contributed by atoms with Crippen molar-refractivity contribution in [2.24, 2.45) is 0 Å². The number of hydrogen-bond donors (Lipinski definition) is 4. The van der Waals surface area contributed by atoms with Crippen molar-refractivity contribution in [1.82, 2.24) is 34.8 Å². The molecule has 0 fully saturated rings. The molecule has 0 bridgehead atoms. The molecule has 0 atom stereocenters. The number of halogens is 3. The number of aromatic nitrogens is 6. The molecule has 1 amide bonds. The second kappa shape index (κ2) is 11.6. The van der Waals surface area contributed by atoms with E-state index in [2.05, 4.69) is 45.6 Å². The largest absolute Gasteiger partial charge is 0.573 e. The maximum atomic E-state index is 12.7. The minimum absolute atomic E-state index is 0.208. The monoisotopic (exact) mass is 549 g/mol. The summed E-state index contributed by atoms with van der Waals surface area (Å²) in [4.78, 5) is 32.3. The van der Waals surface area contributed by atoms with Crippen LogP contribution >= 0.6 is 0 Å². The average Bonchev–Trinajstić information content (AvgIpc) is 3.62. The average molecular weight is 550 g/mol. The van der Waals surface area contributed by atoms with E-state index in [1.807, 2.05) is 6.07 Å². The predicted molar refractivity (Wildman–Crippen MR) is 140 cm³/mol. The van der Waals surface area contributed by atoms with Crippen molar-refractivity contribution in [3.05, 3.63) is 97.1 Å². The van der Waals surface area contributed by atoms with Gasteiger partial charge in [0.2, 0.25) is 5.95 Å². The molecule has 2 aromatic carbocycles. The molecule has 0 radical (unpaired) electrons. The van der Waals surface area contributed by atoms with Crippen LogP contribution in [0.15, 0.2) is 85.8 Å². The van der Waals surface area contributed by atoms with Gasteiger partial charge in [0.25, 0.3) is 5.91 Å². The maximum Gasteiger partial charge on any atom is 0.573 e. The first-order valence-corrected chi connectivity index (χ1v) is 11.9. The molecule has 3 aromatic heterocycles. The zero-order valence-corrected chi connectivity index (χ0v) is 20.7. The van der Waals surface area contributed by atoms with Gasteiger partial charge in [-0.1, -0.05) is 6.07 Å². The number of carbonyl (C=O) groups excluding carboxylic acids is 1. The van der Waals surface area contributed by atoms with Crippen LogP contribution < -0.4 is 20.7 Å². The number of carbonyl (C=O) groups is 1. The van der Waals surface area contributed by atoms with Gasteiger partial charge in [-0.25, -0.2) is 19.9 Å². The summed E-state index contributed by atoms with van der Waals surface area (Å²) in [7, 11) is 0. The van der Waals surface area contributed by atoms with E-state index in [-0.39, 0.29) is 11.7 Å². The normalized spacial score (nSPS) is 11.2. The number of anilines is 4. The van der Waals surface area contributed by atoms with Crippen molar-refractivity contribution in [2.45, 2.75) is 12.8 Å². The number of ether oxygens (including phenoxy) is 1. The molecule has 204 valence electrons. The molecule has 0 aliphatic carbocycles. The molecule has 11 nitrogen and oxygen atoms in total. The number of rotatable bonds is 10. The predicted octanol–water partition coefficient (Wildman–Crippen LogP) is 4.74. The van der Waals surface area contributed by atoms with Crippen molar-refractivity contribution in [3.8, 4) is 11.4 Å². The summed E-state index contributed by atoms with van der Waals surface area (Å²) in [5.41, 5.74) is 2.62. The van der Waals surface area contributed by atoms with Crippen molar-refractivity contribution < 1.29 is 22.7 Å². The summed E-state index contributed by atoms with van der Waals surface area (Å²) < 4.78 is 42.8. The van der Waals surface area contributed by atoms with Crippen molar-refractivity contribution in [3.63, 3.8) is 0 Å². The molecule has 0 saturated carbocycles. The molecule has 4 N–H and O–H groups in total. The van der Waals surface area contributed by atoms with Gasteiger partial charge < -0.3 is 25.7 Å². The van der Waals surface area contributed by atoms with Crippen LogP contribution in [0.25, 0.3) is 5.69 Å². The molecule has 0 unspecified atom stereocenters. The van der Waals surface area contributed by atoms with Crippen molar-refractivity contribution in [1.29, 1.82) is 0 Å². The third kappa shape index (κ3) is 6.92. The molecular weight excluding hydrogens is 527 g/mol. The highest BCUT2D eigenvalue weighted by Crippen LogP contribution is 2.26. The lowest BCUT2D eigenvalue weighted by Crippen LogP contribution is -2.25. The first kappa shape index (κ1) is 26.2. The van der Waals surface area contributed by atoms with Gasteiger partial charge in [0, 0.05) is 60.3 Å². The number of amides is 1. The van der Waals surface area contributed by atoms with E-state index in [0.717, 1.165) is 5.69 Å². The van der Waals surface area contributed by atoms with E-state index < -0.39 is 6.36 Å². The fraction of sp³-hybridized carbons (Fsp3) is 0.115. The maximum absolute atomic E-state index is 12.7. The van der Waals surface area contributed by atoms with Crippen LogP contribution in [0.5, 0.6) is 5.75 Å². The van der Waals surface area contributed by atoms with Crippen molar-refractivity contribution in [2.75, 3.05) is 17.2 Å². The second-order valence-corrected chi connectivity index (χ2v) is 8.36. The molecule has 5 aromatic rings. The Bertz CT molecular complexity index is 1570. The van der Waals surface area contributed by atoms with Crippen LogP contribution in [-0.4, -0.2) is 48.3 Å².